The number of benzene rings is 1. The highest BCUT2D eigenvalue weighted by molar-refractivity contribution is 7.99. The highest BCUT2D eigenvalue weighted by Crippen LogP contribution is 2.18. The second-order valence-electron chi connectivity index (χ2n) is 5.90. The summed E-state index contributed by atoms with van der Waals surface area (Å²) in [5.41, 5.74) is -0.0484. The van der Waals surface area contributed by atoms with Gasteiger partial charge in [-0.1, -0.05) is 17.8 Å². The predicted octanol–water partition coefficient (Wildman–Crippen LogP) is 1.79. The lowest BCUT2D eigenvalue weighted by Gasteiger charge is -2.09. The number of aromatic hydroxyl groups is 1. The van der Waals surface area contributed by atoms with E-state index in [0.717, 1.165) is 17.8 Å². The second-order valence-corrected chi connectivity index (χ2v) is 8.67. The van der Waals surface area contributed by atoms with Crippen molar-refractivity contribution in [2.45, 2.75) is 16.5 Å². The number of aromatic amines is 1. The molecule has 0 aliphatic rings. The number of carbonyl (C=O) groups excluding carboxylic acids is 1. The molecule has 4 N–H and O–H groups in total. The molecule has 0 saturated carbocycles. The van der Waals surface area contributed by atoms with Crippen LogP contribution in [0.3, 0.4) is 0 Å². The minimum absolute atomic E-state index is 0.0284. The Morgan fingerprint density at radius 1 is 1.17 bits per heavy atom. The van der Waals surface area contributed by atoms with Crippen LogP contribution in [-0.4, -0.2) is 40.1 Å². The molecule has 10 nitrogen and oxygen atoms in total. The van der Waals surface area contributed by atoms with Gasteiger partial charge >= 0.3 is 0 Å². The maximum Gasteiger partial charge on any atom is 0.263 e. The molecule has 1 aromatic carbocycles. The maximum atomic E-state index is 12.4. The number of hydrogen-bond donors (Lipinski definition) is 4. The third kappa shape index (κ3) is 6.06. The number of sulfonamides is 1. The fourth-order valence-corrected chi connectivity index (χ4v) is 4.11. The number of amides is 1. The van der Waals surface area contributed by atoms with Gasteiger partial charge in [0.2, 0.25) is 11.8 Å². The summed E-state index contributed by atoms with van der Waals surface area (Å²) in [5.74, 6) is -0.168. The van der Waals surface area contributed by atoms with Gasteiger partial charge in [0, 0.05) is 24.1 Å². The number of thioether (sulfide) groups is 1. The number of aromatic nitrogens is 3. The van der Waals surface area contributed by atoms with E-state index in [2.05, 4.69) is 25.0 Å². The van der Waals surface area contributed by atoms with Crippen molar-refractivity contribution in [1.82, 2.24) is 15.0 Å². The van der Waals surface area contributed by atoms with Crippen molar-refractivity contribution in [1.29, 1.82) is 0 Å². The molecule has 2 heterocycles. The molecule has 3 aromatic rings. The van der Waals surface area contributed by atoms with Crippen LogP contribution < -0.4 is 15.6 Å². The lowest BCUT2D eigenvalue weighted by atomic mass is 10.3. The standard InChI is InChI=1S/C18H17N5O5S2/c24-15(8-10-29-18-21-16(25)11-17(26)22-18)20-12-4-6-13(7-5-12)30(27,28)23-14-3-1-2-9-19-14/h1-7,9,11H,8,10H2,(H,19,23)(H,20,24)(H2,21,22,25,26). The van der Waals surface area contributed by atoms with Crippen molar-refractivity contribution in [3.05, 3.63) is 65.1 Å². The van der Waals surface area contributed by atoms with Crippen molar-refractivity contribution in [3.63, 3.8) is 0 Å². The molecule has 0 fully saturated rings. The molecule has 3 rings (SSSR count). The Kier molecular flexibility index (Phi) is 6.69. The number of nitrogens with one attached hydrogen (secondary N) is 3. The summed E-state index contributed by atoms with van der Waals surface area (Å²) in [6, 6.07) is 11.5. The van der Waals surface area contributed by atoms with E-state index >= 15 is 0 Å². The Morgan fingerprint density at radius 3 is 2.60 bits per heavy atom. The van der Waals surface area contributed by atoms with Gasteiger partial charge in [0.15, 0.2) is 5.16 Å². The van der Waals surface area contributed by atoms with E-state index in [1.165, 1.54) is 36.5 Å². The minimum Gasteiger partial charge on any atom is -0.493 e. The second kappa shape index (κ2) is 9.41. The number of rotatable bonds is 8. The summed E-state index contributed by atoms with van der Waals surface area (Å²) in [5, 5.41) is 12.2. The summed E-state index contributed by atoms with van der Waals surface area (Å²) in [6.45, 7) is 0. The summed E-state index contributed by atoms with van der Waals surface area (Å²) in [7, 11) is -3.80. The molecule has 12 heteroatoms. The molecule has 30 heavy (non-hydrogen) atoms. The Labute approximate surface area is 175 Å². The molecule has 0 spiro atoms. The number of carbonyl (C=O) groups is 1. The lowest BCUT2D eigenvalue weighted by molar-refractivity contribution is -0.115. The van der Waals surface area contributed by atoms with Gasteiger partial charge in [-0.25, -0.2) is 13.4 Å². The maximum absolute atomic E-state index is 12.4. The van der Waals surface area contributed by atoms with Crippen molar-refractivity contribution >= 4 is 39.2 Å². The van der Waals surface area contributed by atoms with Crippen LogP contribution in [0.2, 0.25) is 0 Å². The zero-order chi connectivity index (χ0) is 21.6. The van der Waals surface area contributed by atoms with Gasteiger partial charge in [-0.3, -0.25) is 14.3 Å². The molecule has 0 bridgehead atoms. The quantitative estimate of drug-likeness (QED) is 0.301. The topological polar surface area (TPSA) is 154 Å². The van der Waals surface area contributed by atoms with Gasteiger partial charge in [-0.05, 0) is 36.4 Å². The monoisotopic (exact) mass is 447 g/mol. The molecule has 2 aromatic heterocycles. The van der Waals surface area contributed by atoms with Gasteiger partial charge in [-0.2, -0.15) is 4.98 Å². The molecule has 0 aliphatic heterocycles. The SMILES string of the molecule is O=C(CCSc1nc(O)cc(=O)[nH]1)Nc1ccc(S(=O)(=O)Nc2ccccn2)cc1. The van der Waals surface area contributed by atoms with Crippen LogP contribution in [-0.2, 0) is 14.8 Å². The average Bonchev–Trinajstić information content (AvgIpc) is 2.68. The van der Waals surface area contributed by atoms with Crippen LogP contribution in [0.15, 0.2) is 69.6 Å². The summed E-state index contributed by atoms with van der Waals surface area (Å²) < 4.78 is 27.1. The fraction of sp³-hybridized carbons (Fsp3) is 0.111. The van der Waals surface area contributed by atoms with Gasteiger partial charge in [0.05, 0.1) is 11.0 Å². The van der Waals surface area contributed by atoms with E-state index in [1.807, 2.05) is 0 Å². The fourth-order valence-electron chi connectivity index (χ4n) is 2.29. The molecule has 0 radical (unpaired) electrons. The summed E-state index contributed by atoms with van der Waals surface area (Å²) in [6.07, 6.45) is 1.59. The van der Waals surface area contributed by atoms with Crippen molar-refractivity contribution in [2.75, 3.05) is 15.8 Å². The van der Waals surface area contributed by atoms with Gasteiger partial charge < -0.3 is 15.4 Å². The van der Waals surface area contributed by atoms with E-state index < -0.39 is 21.5 Å². The minimum atomic E-state index is -3.80. The molecular formula is C18H17N5O5S2. The molecular weight excluding hydrogens is 430 g/mol. The van der Waals surface area contributed by atoms with Crippen LogP contribution in [0.5, 0.6) is 5.88 Å². The van der Waals surface area contributed by atoms with E-state index in [9.17, 15) is 23.1 Å². The predicted molar refractivity (Wildman–Crippen MR) is 112 cm³/mol. The van der Waals surface area contributed by atoms with Crippen LogP contribution in [0.4, 0.5) is 11.5 Å². The number of nitrogens with zero attached hydrogens (tertiary/aromatic N) is 2. The van der Waals surface area contributed by atoms with Crippen LogP contribution >= 0.6 is 11.8 Å². The normalized spacial score (nSPS) is 11.1. The molecule has 0 saturated heterocycles. The van der Waals surface area contributed by atoms with E-state index in [1.54, 1.807) is 12.1 Å². The molecule has 0 unspecified atom stereocenters. The number of anilines is 2. The molecule has 156 valence electrons. The average molecular weight is 447 g/mol. The van der Waals surface area contributed by atoms with Crippen LogP contribution in [0, 0.1) is 0 Å². The number of H-pyrrole nitrogens is 1. The first-order chi connectivity index (χ1) is 14.3. The van der Waals surface area contributed by atoms with Crippen molar-refractivity contribution in [2.24, 2.45) is 0 Å². The zero-order valence-corrected chi connectivity index (χ0v) is 17.0. The van der Waals surface area contributed by atoms with E-state index in [4.69, 9.17) is 0 Å². The van der Waals surface area contributed by atoms with Gasteiger partial charge in [-0.15, -0.1) is 0 Å². The smallest absolute Gasteiger partial charge is 0.263 e. The largest absolute Gasteiger partial charge is 0.493 e. The first-order valence-corrected chi connectivity index (χ1v) is 11.1. The highest BCUT2D eigenvalue weighted by Gasteiger charge is 2.15. The molecule has 1 amide bonds. The Bertz CT molecular complexity index is 1180. The Morgan fingerprint density at radius 2 is 1.93 bits per heavy atom. The third-order valence-corrected chi connectivity index (χ3v) is 5.87. The van der Waals surface area contributed by atoms with E-state index in [-0.39, 0.29) is 28.2 Å². The first-order valence-electron chi connectivity index (χ1n) is 8.59. The van der Waals surface area contributed by atoms with Gasteiger partial charge in [0.1, 0.15) is 5.82 Å². The molecule has 0 atom stereocenters. The molecule has 0 aliphatic carbocycles. The van der Waals surface area contributed by atoms with Crippen LogP contribution in [0.25, 0.3) is 0 Å². The first kappa shape index (κ1) is 21.3. The lowest BCUT2D eigenvalue weighted by Crippen LogP contribution is -2.15. The highest BCUT2D eigenvalue weighted by atomic mass is 32.2. The number of hydrogen-bond acceptors (Lipinski definition) is 8. The number of pyridine rings is 1. The third-order valence-electron chi connectivity index (χ3n) is 3.63. The summed E-state index contributed by atoms with van der Waals surface area (Å²) in [4.78, 5) is 33.4. The van der Waals surface area contributed by atoms with Gasteiger partial charge in [0.25, 0.3) is 15.6 Å². The summed E-state index contributed by atoms with van der Waals surface area (Å²) >= 11 is 1.11. The Hall–Kier alpha value is -3.38. The Balaban J connectivity index is 1.53. The van der Waals surface area contributed by atoms with Crippen molar-refractivity contribution in [3.8, 4) is 5.88 Å². The van der Waals surface area contributed by atoms with Crippen LogP contribution in [0.1, 0.15) is 6.42 Å². The zero-order valence-electron chi connectivity index (χ0n) is 15.4. The van der Waals surface area contributed by atoms with Crippen molar-refractivity contribution < 1.29 is 18.3 Å². The van der Waals surface area contributed by atoms with E-state index in [0.29, 0.717) is 11.4 Å².